The third kappa shape index (κ3) is 7.05. The lowest BCUT2D eigenvalue weighted by atomic mass is 10.2. The molecule has 0 radical (unpaired) electrons. The molecule has 33 heavy (non-hydrogen) atoms. The molecule has 1 aromatic heterocycles. The second kappa shape index (κ2) is 11.7. The first-order valence-corrected chi connectivity index (χ1v) is 12.0. The molecule has 2 aromatic carbocycles. The van der Waals surface area contributed by atoms with Crippen LogP contribution in [0.3, 0.4) is 0 Å². The molecule has 0 atom stereocenters. The van der Waals surface area contributed by atoms with Gasteiger partial charge >= 0.3 is 0 Å². The number of carbonyl (C=O) groups is 1. The lowest BCUT2D eigenvalue weighted by Crippen LogP contribution is -2.48. The monoisotopic (exact) mass is 486 g/mol. The van der Waals surface area contributed by atoms with Crippen molar-refractivity contribution in [3.05, 3.63) is 76.2 Å². The predicted molar refractivity (Wildman–Crippen MR) is 131 cm³/mol. The number of nitrogens with zero attached hydrogens (tertiary/aromatic N) is 3. The maximum atomic E-state index is 12.2. The van der Waals surface area contributed by atoms with Crippen LogP contribution in [0.5, 0.6) is 0 Å². The molecule has 0 unspecified atom stereocenters. The van der Waals surface area contributed by atoms with E-state index in [0.29, 0.717) is 41.1 Å². The van der Waals surface area contributed by atoms with Gasteiger partial charge in [-0.25, -0.2) is 4.98 Å². The molecule has 0 bridgehead atoms. The van der Waals surface area contributed by atoms with Gasteiger partial charge in [-0.15, -0.1) is 0 Å². The van der Waals surface area contributed by atoms with Crippen molar-refractivity contribution >= 4 is 29.1 Å². The number of halogens is 2. The molecule has 4 rings (SSSR count). The quantitative estimate of drug-likeness (QED) is 0.481. The standard InChI is InChI=1S/C25H28Cl2N4O2/c26-20-6-7-21(22(27)16-20)23-17-29-25(33-23)9-8-24(32)28-10-11-30-12-14-31(15-13-30)18-19-4-2-1-3-5-19/h1-7,16-17H,8-15,18H2,(H,28,32). The van der Waals surface area contributed by atoms with Crippen LogP contribution in [0, 0.1) is 0 Å². The average Bonchev–Trinajstić information content (AvgIpc) is 3.28. The summed E-state index contributed by atoms with van der Waals surface area (Å²) in [6, 6.07) is 15.8. The number of aryl methyl sites for hydroxylation is 1. The van der Waals surface area contributed by atoms with E-state index in [4.69, 9.17) is 27.6 Å². The number of benzene rings is 2. The Morgan fingerprint density at radius 3 is 2.55 bits per heavy atom. The van der Waals surface area contributed by atoms with Gasteiger partial charge in [0.25, 0.3) is 0 Å². The average molecular weight is 487 g/mol. The Kier molecular flexibility index (Phi) is 8.40. The van der Waals surface area contributed by atoms with Gasteiger partial charge in [-0.3, -0.25) is 14.6 Å². The minimum absolute atomic E-state index is 0.00184. The van der Waals surface area contributed by atoms with Crippen LogP contribution in [-0.2, 0) is 17.8 Å². The van der Waals surface area contributed by atoms with E-state index in [-0.39, 0.29) is 5.91 Å². The first-order chi connectivity index (χ1) is 16.1. The Bertz CT molecular complexity index is 1050. The lowest BCUT2D eigenvalue weighted by Gasteiger charge is -2.34. The van der Waals surface area contributed by atoms with E-state index < -0.39 is 0 Å². The molecule has 0 saturated carbocycles. The summed E-state index contributed by atoms with van der Waals surface area (Å²) in [7, 11) is 0. The number of amides is 1. The van der Waals surface area contributed by atoms with Crippen LogP contribution in [0.25, 0.3) is 11.3 Å². The molecule has 0 spiro atoms. The molecule has 1 fully saturated rings. The summed E-state index contributed by atoms with van der Waals surface area (Å²) in [4.78, 5) is 21.4. The maximum absolute atomic E-state index is 12.2. The number of hydrogen-bond acceptors (Lipinski definition) is 5. The van der Waals surface area contributed by atoms with Gasteiger partial charge in [-0.05, 0) is 23.8 Å². The molecule has 1 N–H and O–H groups in total. The third-order valence-electron chi connectivity index (χ3n) is 5.78. The van der Waals surface area contributed by atoms with Gasteiger partial charge in [0.05, 0.1) is 11.2 Å². The first-order valence-electron chi connectivity index (χ1n) is 11.2. The van der Waals surface area contributed by atoms with Crippen LogP contribution in [0.2, 0.25) is 10.0 Å². The molecule has 6 nitrogen and oxygen atoms in total. The van der Waals surface area contributed by atoms with Gasteiger partial charge in [-0.2, -0.15) is 0 Å². The smallest absolute Gasteiger partial charge is 0.220 e. The minimum Gasteiger partial charge on any atom is -0.441 e. The normalized spacial score (nSPS) is 15.0. The summed E-state index contributed by atoms with van der Waals surface area (Å²) < 4.78 is 5.76. The van der Waals surface area contributed by atoms with Crippen molar-refractivity contribution in [3.8, 4) is 11.3 Å². The summed E-state index contributed by atoms with van der Waals surface area (Å²) in [5, 5.41) is 4.07. The van der Waals surface area contributed by atoms with Gasteiger partial charge in [0.15, 0.2) is 11.7 Å². The van der Waals surface area contributed by atoms with Gasteiger partial charge < -0.3 is 9.73 Å². The summed E-state index contributed by atoms with van der Waals surface area (Å²) in [5.74, 6) is 1.08. The number of rotatable bonds is 9. The van der Waals surface area contributed by atoms with Crippen LogP contribution in [0.15, 0.2) is 59.1 Å². The third-order valence-corrected chi connectivity index (χ3v) is 6.33. The molecule has 3 aromatic rings. The van der Waals surface area contributed by atoms with Crippen molar-refractivity contribution in [1.29, 1.82) is 0 Å². The van der Waals surface area contributed by atoms with Crippen LogP contribution in [0.1, 0.15) is 17.9 Å². The highest BCUT2D eigenvalue weighted by molar-refractivity contribution is 6.36. The highest BCUT2D eigenvalue weighted by Crippen LogP contribution is 2.30. The van der Waals surface area contributed by atoms with E-state index in [1.807, 2.05) is 0 Å². The van der Waals surface area contributed by atoms with E-state index in [9.17, 15) is 4.79 Å². The van der Waals surface area contributed by atoms with Gasteiger partial charge in [0.1, 0.15) is 0 Å². The molecular formula is C25H28Cl2N4O2. The summed E-state index contributed by atoms with van der Waals surface area (Å²) in [6.45, 7) is 6.65. The van der Waals surface area contributed by atoms with E-state index in [2.05, 4.69) is 50.4 Å². The number of piperazine rings is 1. The number of nitrogens with one attached hydrogen (secondary N) is 1. The molecule has 0 aliphatic carbocycles. The zero-order chi connectivity index (χ0) is 23.0. The molecule has 174 valence electrons. The number of hydrogen-bond donors (Lipinski definition) is 1. The highest BCUT2D eigenvalue weighted by Gasteiger charge is 2.17. The van der Waals surface area contributed by atoms with E-state index in [0.717, 1.165) is 44.8 Å². The fourth-order valence-corrected chi connectivity index (χ4v) is 4.42. The van der Waals surface area contributed by atoms with Crippen molar-refractivity contribution < 1.29 is 9.21 Å². The summed E-state index contributed by atoms with van der Waals surface area (Å²) in [6.07, 6.45) is 2.40. The van der Waals surface area contributed by atoms with Crippen molar-refractivity contribution in [1.82, 2.24) is 20.1 Å². The Morgan fingerprint density at radius 1 is 1.03 bits per heavy atom. The summed E-state index contributed by atoms with van der Waals surface area (Å²) in [5.41, 5.74) is 2.08. The Labute approximate surface area is 204 Å². The highest BCUT2D eigenvalue weighted by atomic mass is 35.5. The molecule has 1 amide bonds. The number of aromatic nitrogens is 1. The molecular weight excluding hydrogens is 459 g/mol. The summed E-state index contributed by atoms with van der Waals surface area (Å²) >= 11 is 12.2. The van der Waals surface area contributed by atoms with Crippen molar-refractivity contribution in [3.63, 3.8) is 0 Å². The largest absolute Gasteiger partial charge is 0.441 e. The minimum atomic E-state index is 0.00184. The molecule has 1 saturated heterocycles. The van der Waals surface area contributed by atoms with Gasteiger partial charge in [-0.1, -0.05) is 53.5 Å². The lowest BCUT2D eigenvalue weighted by molar-refractivity contribution is -0.121. The molecule has 1 aliphatic rings. The van der Waals surface area contributed by atoms with Gasteiger partial charge in [0, 0.05) is 69.2 Å². The molecule has 2 heterocycles. The zero-order valence-corrected chi connectivity index (χ0v) is 20.0. The first kappa shape index (κ1) is 23.8. The second-order valence-electron chi connectivity index (χ2n) is 8.20. The Hall–Kier alpha value is -2.38. The SMILES string of the molecule is O=C(CCc1ncc(-c2ccc(Cl)cc2Cl)o1)NCCN1CCN(Cc2ccccc2)CC1. The Morgan fingerprint density at radius 2 is 1.79 bits per heavy atom. The second-order valence-corrected chi connectivity index (χ2v) is 9.04. The topological polar surface area (TPSA) is 61.6 Å². The number of carbonyl (C=O) groups excluding carboxylic acids is 1. The van der Waals surface area contributed by atoms with Gasteiger partial charge in [0.2, 0.25) is 5.91 Å². The molecule has 1 aliphatic heterocycles. The van der Waals surface area contributed by atoms with Crippen LogP contribution in [0.4, 0.5) is 0 Å². The van der Waals surface area contributed by atoms with Crippen molar-refractivity contribution in [2.24, 2.45) is 0 Å². The van der Waals surface area contributed by atoms with E-state index in [1.54, 1.807) is 24.4 Å². The van der Waals surface area contributed by atoms with Crippen molar-refractivity contribution in [2.75, 3.05) is 39.3 Å². The zero-order valence-electron chi connectivity index (χ0n) is 18.5. The van der Waals surface area contributed by atoms with E-state index in [1.165, 1.54) is 5.56 Å². The van der Waals surface area contributed by atoms with E-state index >= 15 is 0 Å². The predicted octanol–water partition coefficient (Wildman–Crippen LogP) is 4.52. The number of oxazole rings is 1. The van der Waals surface area contributed by atoms with Crippen molar-refractivity contribution in [2.45, 2.75) is 19.4 Å². The van der Waals surface area contributed by atoms with Crippen LogP contribution in [-0.4, -0.2) is 60.0 Å². The maximum Gasteiger partial charge on any atom is 0.220 e. The fourth-order valence-electron chi connectivity index (χ4n) is 3.91. The van der Waals surface area contributed by atoms with Crippen LogP contribution >= 0.6 is 23.2 Å². The van der Waals surface area contributed by atoms with Crippen LogP contribution < -0.4 is 5.32 Å². The fraction of sp³-hybridized carbons (Fsp3) is 0.360. The Balaban J connectivity index is 1.13. The molecule has 8 heteroatoms.